The van der Waals surface area contributed by atoms with Gasteiger partial charge in [0.05, 0.1) is 6.04 Å². The molecule has 0 amide bonds. The lowest BCUT2D eigenvalue weighted by Crippen LogP contribution is -2.25. The summed E-state index contributed by atoms with van der Waals surface area (Å²) in [4.78, 5) is 4.23. The highest BCUT2D eigenvalue weighted by molar-refractivity contribution is 5.01. The molecule has 2 rings (SSSR count). The van der Waals surface area contributed by atoms with Gasteiger partial charge in [-0.2, -0.15) is 5.10 Å². The summed E-state index contributed by atoms with van der Waals surface area (Å²) in [6.07, 6.45) is 3.94. The zero-order chi connectivity index (χ0) is 8.55. The molecule has 1 aromatic rings. The number of nitrogens with zero attached hydrogens (tertiary/aromatic N) is 3. The Morgan fingerprint density at radius 3 is 3.25 bits per heavy atom. The van der Waals surface area contributed by atoms with Crippen molar-refractivity contribution in [1.29, 1.82) is 0 Å². The summed E-state index contributed by atoms with van der Waals surface area (Å²) in [5.41, 5.74) is 5.64. The summed E-state index contributed by atoms with van der Waals surface area (Å²) >= 11 is 0. The number of nitrogens with two attached hydrogens (primary N) is 1. The van der Waals surface area contributed by atoms with Crippen LogP contribution in [-0.2, 0) is 0 Å². The monoisotopic (exact) mass is 166 g/mol. The molecule has 0 saturated carbocycles. The Balaban J connectivity index is 2.36. The minimum Gasteiger partial charge on any atom is -0.330 e. The van der Waals surface area contributed by atoms with E-state index in [0.29, 0.717) is 18.5 Å². The van der Waals surface area contributed by atoms with Gasteiger partial charge in [0.15, 0.2) is 0 Å². The fraction of sp³-hybridized carbons (Fsp3) is 0.750. The number of rotatable bonds is 1. The van der Waals surface area contributed by atoms with Crippen LogP contribution in [0.15, 0.2) is 6.33 Å². The van der Waals surface area contributed by atoms with Crippen LogP contribution >= 0.6 is 0 Å². The topological polar surface area (TPSA) is 56.7 Å². The van der Waals surface area contributed by atoms with E-state index in [1.54, 1.807) is 6.33 Å². The first-order chi connectivity index (χ1) is 5.83. The van der Waals surface area contributed by atoms with Gasteiger partial charge < -0.3 is 5.73 Å². The smallest absolute Gasteiger partial charge is 0.138 e. The van der Waals surface area contributed by atoms with Gasteiger partial charge in [0.1, 0.15) is 12.2 Å². The Kier molecular flexibility index (Phi) is 1.84. The maximum Gasteiger partial charge on any atom is 0.138 e. The Morgan fingerprint density at radius 2 is 2.50 bits per heavy atom. The van der Waals surface area contributed by atoms with Crippen molar-refractivity contribution in [3.63, 3.8) is 0 Å². The van der Waals surface area contributed by atoms with E-state index in [9.17, 15) is 0 Å². The van der Waals surface area contributed by atoms with Crippen molar-refractivity contribution >= 4 is 0 Å². The van der Waals surface area contributed by atoms with Crippen molar-refractivity contribution in [3.8, 4) is 0 Å². The van der Waals surface area contributed by atoms with Gasteiger partial charge in [0, 0.05) is 12.5 Å². The van der Waals surface area contributed by atoms with E-state index < -0.39 is 0 Å². The molecule has 1 aliphatic rings. The van der Waals surface area contributed by atoms with Crippen molar-refractivity contribution in [3.05, 3.63) is 12.2 Å². The molecular formula is C8H14N4. The van der Waals surface area contributed by atoms with E-state index in [2.05, 4.69) is 17.0 Å². The van der Waals surface area contributed by atoms with E-state index >= 15 is 0 Å². The molecule has 0 aromatic carbocycles. The molecule has 0 saturated heterocycles. The first-order valence-corrected chi connectivity index (χ1v) is 4.42. The van der Waals surface area contributed by atoms with Crippen LogP contribution in [0.4, 0.5) is 0 Å². The van der Waals surface area contributed by atoms with Crippen molar-refractivity contribution < 1.29 is 0 Å². The van der Waals surface area contributed by atoms with Gasteiger partial charge in [-0.3, -0.25) is 0 Å². The first kappa shape index (κ1) is 7.73. The third-order valence-corrected chi connectivity index (χ3v) is 2.60. The highest BCUT2D eigenvalue weighted by Gasteiger charge is 2.25. The van der Waals surface area contributed by atoms with E-state index in [0.717, 1.165) is 18.7 Å². The van der Waals surface area contributed by atoms with Crippen LogP contribution in [0.1, 0.15) is 37.5 Å². The van der Waals surface area contributed by atoms with E-state index in [1.807, 2.05) is 4.68 Å². The van der Waals surface area contributed by atoms with Crippen molar-refractivity contribution in [2.24, 2.45) is 5.73 Å². The molecule has 0 aliphatic carbocycles. The maximum absolute atomic E-state index is 5.64. The molecule has 0 spiro atoms. The fourth-order valence-corrected chi connectivity index (χ4v) is 1.81. The molecule has 66 valence electrons. The minimum absolute atomic E-state index is 0.420. The highest BCUT2D eigenvalue weighted by atomic mass is 15.4. The standard InChI is InChI=1S/C8H14N4/c1-6-2-3-7(4-9)8-10-5-11-12(6)8/h5-7H,2-4,9H2,1H3. The largest absolute Gasteiger partial charge is 0.330 e. The molecule has 0 radical (unpaired) electrons. The average molecular weight is 166 g/mol. The summed E-state index contributed by atoms with van der Waals surface area (Å²) < 4.78 is 2.00. The van der Waals surface area contributed by atoms with Gasteiger partial charge >= 0.3 is 0 Å². The molecule has 2 atom stereocenters. The lowest BCUT2D eigenvalue weighted by molar-refractivity contribution is 0.349. The zero-order valence-electron chi connectivity index (χ0n) is 7.27. The Bertz CT molecular complexity index is 268. The number of hydrogen-bond donors (Lipinski definition) is 1. The summed E-state index contributed by atoms with van der Waals surface area (Å²) in [6.45, 7) is 2.86. The first-order valence-electron chi connectivity index (χ1n) is 4.42. The molecule has 0 fully saturated rings. The summed E-state index contributed by atoms with van der Waals surface area (Å²) in [7, 11) is 0. The van der Waals surface area contributed by atoms with Gasteiger partial charge in [0.2, 0.25) is 0 Å². The molecule has 1 aromatic heterocycles. The average Bonchev–Trinajstić information content (AvgIpc) is 2.54. The highest BCUT2D eigenvalue weighted by Crippen LogP contribution is 2.29. The minimum atomic E-state index is 0.420. The zero-order valence-corrected chi connectivity index (χ0v) is 7.27. The van der Waals surface area contributed by atoms with Crippen molar-refractivity contribution in [2.45, 2.75) is 31.7 Å². The molecular weight excluding hydrogens is 152 g/mol. The van der Waals surface area contributed by atoms with Gasteiger partial charge in [-0.15, -0.1) is 0 Å². The molecule has 1 aliphatic heterocycles. The third kappa shape index (κ3) is 1.03. The maximum atomic E-state index is 5.64. The van der Waals surface area contributed by atoms with Crippen molar-refractivity contribution in [2.75, 3.05) is 6.54 Å². The van der Waals surface area contributed by atoms with Crippen LogP contribution in [-0.4, -0.2) is 21.3 Å². The lowest BCUT2D eigenvalue weighted by Gasteiger charge is -2.25. The summed E-state index contributed by atoms with van der Waals surface area (Å²) in [5.74, 6) is 1.49. The van der Waals surface area contributed by atoms with Gasteiger partial charge in [-0.25, -0.2) is 9.67 Å². The van der Waals surface area contributed by atoms with E-state index in [4.69, 9.17) is 5.73 Å². The second-order valence-corrected chi connectivity index (χ2v) is 3.42. The molecule has 4 heteroatoms. The molecule has 4 nitrogen and oxygen atoms in total. The lowest BCUT2D eigenvalue weighted by atomic mass is 9.95. The van der Waals surface area contributed by atoms with Crippen LogP contribution in [0, 0.1) is 0 Å². The molecule has 0 bridgehead atoms. The van der Waals surface area contributed by atoms with Crippen molar-refractivity contribution in [1.82, 2.24) is 14.8 Å². The van der Waals surface area contributed by atoms with Crippen LogP contribution in [0.3, 0.4) is 0 Å². The molecule has 2 N–H and O–H groups in total. The van der Waals surface area contributed by atoms with Crippen LogP contribution < -0.4 is 5.73 Å². The molecule has 12 heavy (non-hydrogen) atoms. The Labute approximate surface area is 71.8 Å². The van der Waals surface area contributed by atoms with Gasteiger partial charge in [-0.05, 0) is 19.8 Å². The molecule has 2 unspecified atom stereocenters. The van der Waals surface area contributed by atoms with Crippen LogP contribution in [0.5, 0.6) is 0 Å². The number of fused-ring (bicyclic) bond motifs is 1. The fourth-order valence-electron chi connectivity index (χ4n) is 1.81. The second-order valence-electron chi connectivity index (χ2n) is 3.42. The number of aromatic nitrogens is 3. The molecule has 2 heterocycles. The normalized spacial score (nSPS) is 28.5. The van der Waals surface area contributed by atoms with E-state index in [-0.39, 0.29) is 0 Å². The van der Waals surface area contributed by atoms with E-state index in [1.165, 1.54) is 0 Å². The number of hydrogen-bond acceptors (Lipinski definition) is 3. The second kappa shape index (κ2) is 2.86. The SMILES string of the molecule is CC1CCC(CN)c2ncnn21. The Hall–Kier alpha value is -0.900. The summed E-state index contributed by atoms with van der Waals surface area (Å²) in [5, 5.41) is 4.19. The quantitative estimate of drug-likeness (QED) is 0.667. The van der Waals surface area contributed by atoms with Crippen LogP contribution in [0.2, 0.25) is 0 Å². The van der Waals surface area contributed by atoms with Gasteiger partial charge in [-0.1, -0.05) is 0 Å². The third-order valence-electron chi connectivity index (χ3n) is 2.60. The van der Waals surface area contributed by atoms with Gasteiger partial charge in [0.25, 0.3) is 0 Å². The summed E-state index contributed by atoms with van der Waals surface area (Å²) in [6, 6.07) is 0.491. The van der Waals surface area contributed by atoms with Crippen LogP contribution in [0.25, 0.3) is 0 Å². The predicted octanol–water partition coefficient (Wildman–Crippen LogP) is 0.675. The predicted molar refractivity (Wildman–Crippen MR) is 45.8 cm³/mol. The Morgan fingerprint density at radius 1 is 1.67 bits per heavy atom.